The summed E-state index contributed by atoms with van der Waals surface area (Å²) >= 11 is 0. The summed E-state index contributed by atoms with van der Waals surface area (Å²) in [6.07, 6.45) is 3.21. The largest absolute Gasteiger partial charge is 0.348 e. The van der Waals surface area contributed by atoms with E-state index in [-0.39, 0.29) is 5.91 Å². The third-order valence-electron chi connectivity index (χ3n) is 4.25. The highest BCUT2D eigenvalue weighted by Gasteiger charge is 2.16. The van der Waals surface area contributed by atoms with Crippen LogP contribution in [-0.2, 0) is 6.54 Å². The van der Waals surface area contributed by atoms with Gasteiger partial charge in [0.1, 0.15) is 5.56 Å². The Morgan fingerprint density at radius 2 is 1.85 bits per heavy atom. The van der Waals surface area contributed by atoms with E-state index in [0.717, 1.165) is 16.8 Å². The highest BCUT2D eigenvalue weighted by molar-refractivity contribution is 5.99. The van der Waals surface area contributed by atoms with E-state index in [0.29, 0.717) is 23.3 Å². The molecule has 2 aromatic carbocycles. The maximum Gasteiger partial charge on any atom is 0.257 e. The third-order valence-corrected chi connectivity index (χ3v) is 4.25. The second-order valence-corrected chi connectivity index (χ2v) is 5.98. The molecule has 0 saturated heterocycles. The van der Waals surface area contributed by atoms with Gasteiger partial charge in [-0.05, 0) is 23.8 Å². The van der Waals surface area contributed by atoms with Crippen molar-refractivity contribution in [1.82, 2.24) is 19.9 Å². The summed E-state index contributed by atoms with van der Waals surface area (Å²) < 4.78 is 1.67. The molecule has 0 radical (unpaired) electrons. The zero-order valence-electron chi connectivity index (χ0n) is 14.3. The molecule has 4 aromatic rings. The highest BCUT2D eigenvalue weighted by Crippen LogP contribution is 2.20. The summed E-state index contributed by atoms with van der Waals surface area (Å²) in [5.41, 5.74) is 4.29. The van der Waals surface area contributed by atoms with Crippen molar-refractivity contribution in [3.05, 3.63) is 89.7 Å². The van der Waals surface area contributed by atoms with Gasteiger partial charge in [-0.15, -0.1) is 0 Å². The van der Waals surface area contributed by atoms with E-state index < -0.39 is 0 Å². The number of amides is 1. The van der Waals surface area contributed by atoms with Crippen LogP contribution in [0.2, 0.25) is 0 Å². The normalized spacial score (nSPS) is 10.5. The summed E-state index contributed by atoms with van der Waals surface area (Å²) in [6.45, 7) is 0.361. The van der Waals surface area contributed by atoms with Crippen LogP contribution in [0.15, 0.2) is 73.1 Å². The molecule has 0 saturated carbocycles. The number of benzene rings is 2. The molecule has 0 unspecified atom stereocenters. The van der Waals surface area contributed by atoms with Crippen molar-refractivity contribution in [1.29, 1.82) is 5.26 Å². The first-order valence-corrected chi connectivity index (χ1v) is 8.41. The Hall–Kier alpha value is -3.98. The van der Waals surface area contributed by atoms with Gasteiger partial charge in [-0.2, -0.15) is 10.4 Å². The van der Waals surface area contributed by atoms with Crippen molar-refractivity contribution in [2.45, 2.75) is 6.54 Å². The highest BCUT2D eigenvalue weighted by atomic mass is 16.1. The van der Waals surface area contributed by atoms with Crippen LogP contribution in [-0.4, -0.2) is 20.5 Å². The molecule has 0 aliphatic heterocycles. The smallest absolute Gasteiger partial charge is 0.257 e. The fourth-order valence-electron chi connectivity index (χ4n) is 2.85. The first kappa shape index (κ1) is 16.5. The van der Waals surface area contributed by atoms with E-state index in [9.17, 15) is 4.79 Å². The fourth-order valence-corrected chi connectivity index (χ4v) is 2.85. The predicted molar refractivity (Wildman–Crippen MR) is 101 cm³/mol. The van der Waals surface area contributed by atoms with Gasteiger partial charge in [0.25, 0.3) is 5.91 Å². The third kappa shape index (κ3) is 3.26. The molecular weight excluding hydrogens is 338 g/mol. The second kappa shape index (κ2) is 7.10. The van der Waals surface area contributed by atoms with Crippen LogP contribution in [0, 0.1) is 11.3 Å². The topological polar surface area (TPSA) is 83.1 Å². The zero-order valence-corrected chi connectivity index (χ0v) is 14.3. The van der Waals surface area contributed by atoms with E-state index in [1.807, 2.05) is 48.5 Å². The minimum atomic E-state index is -0.243. The number of nitrogens with zero attached hydrogens (tertiary/aromatic N) is 4. The molecule has 0 fully saturated rings. The Kier molecular flexibility index (Phi) is 4.33. The number of hydrogen-bond acceptors (Lipinski definition) is 4. The first-order chi connectivity index (χ1) is 13.3. The van der Waals surface area contributed by atoms with Crippen molar-refractivity contribution < 1.29 is 4.79 Å². The summed E-state index contributed by atoms with van der Waals surface area (Å²) in [4.78, 5) is 16.9. The Morgan fingerprint density at radius 3 is 2.59 bits per heavy atom. The van der Waals surface area contributed by atoms with Crippen molar-refractivity contribution >= 4 is 11.6 Å². The molecule has 4 rings (SSSR count). The Morgan fingerprint density at radius 1 is 1.07 bits per heavy atom. The first-order valence-electron chi connectivity index (χ1n) is 8.41. The quantitative estimate of drug-likeness (QED) is 0.611. The number of carbonyl (C=O) groups excluding carboxylic acids is 1. The van der Waals surface area contributed by atoms with Crippen LogP contribution in [0.1, 0.15) is 21.5 Å². The van der Waals surface area contributed by atoms with Crippen LogP contribution in [0.4, 0.5) is 0 Å². The number of fused-ring (bicyclic) bond motifs is 1. The molecule has 0 aliphatic rings. The number of aromatic nitrogens is 3. The van der Waals surface area contributed by atoms with Crippen LogP contribution >= 0.6 is 0 Å². The minimum absolute atomic E-state index is 0.243. The standard InChI is InChI=1S/C21H15N5O/c22-12-15-6-8-16(9-7-15)13-24-21(27)18-14-25-26-19(10-11-23-20(18)26)17-4-2-1-3-5-17/h1-11,14H,13H2,(H,24,27). The lowest BCUT2D eigenvalue weighted by Crippen LogP contribution is -2.22. The monoisotopic (exact) mass is 353 g/mol. The van der Waals surface area contributed by atoms with E-state index in [1.54, 1.807) is 22.8 Å². The Labute approximate surface area is 155 Å². The molecule has 2 aromatic heterocycles. The predicted octanol–water partition coefficient (Wildman–Crippen LogP) is 3.20. The van der Waals surface area contributed by atoms with E-state index in [2.05, 4.69) is 21.5 Å². The Balaban J connectivity index is 1.58. The van der Waals surface area contributed by atoms with Crippen LogP contribution in [0.5, 0.6) is 0 Å². The maximum atomic E-state index is 12.6. The van der Waals surface area contributed by atoms with Gasteiger partial charge in [-0.3, -0.25) is 4.79 Å². The van der Waals surface area contributed by atoms with Crippen molar-refractivity contribution in [3.63, 3.8) is 0 Å². The number of rotatable bonds is 4. The number of carbonyl (C=O) groups is 1. The summed E-state index contributed by atoms with van der Waals surface area (Å²) in [7, 11) is 0. The number of nitrogens with one attached hydrogen (secondary N) is 1. The summed E-state index contributed by atoms with van der Waals surface area (Å²) in [6, 6.07) is 20.9. The second-order valence-electron chi connectivity index (χ2n) is 5.98. The van der Waals surface area contributed by atoms with Gasteiger partial charge < -0.3 is 5.32 Å². The summed E-state index contributed by atoms with van der Waals surface area (Å²) in [5.74, 6) is -0.243. The molecular formula is C21H15N5O. The fraction of sp³-hybridized carbons (Fsp3) is 0.0476. The van der Waals surface area contributed by atoms with E-state index >= 15 is 0 Å². The average molecular weight is 353 g/mol. The molecule has 27 heavy (non-hydrogen) atoms. The Bertz CT molecular complexity index is 1140. The number of nitriles is 1. The van der Waals surface area contributed by atoms with Gasteiger partial charge >= 0.3 is 0 Å². The summed E-state index contributed by atoms with van der Waals surface area (Å²) in [5, 5.41) is 16.1. The molecule has 1 amide bonds. The lowest BCUT2D eigenvalue weighted by atomic mass is 10.1. The van der Waals surface area contributed by atoms with Crippen LogP contribution in [0.25, 0.3) is 16.9 Å². The van der Waals surface area contributed by atoms with Crippen LogP contribution < -0.4 is 5.32 Å². The van der Waals surface area contributed by atoms with Gasteiger partial charge in [-0.25, -0.2) is 9.50 Å². The van der Waals surface area contributed by atoms with Gasteiger partial charge in [-0.1, -0.05) is 42.5 Å². The molecule has 0 bridgehead atoms. The molecule has 0 aliphatic carbocycles. The molecule has 130 valence electrons. The van der Waals surface area contributed by atoms with Gasteiger partial charge in [0.05, 0.1) is 23.5 Å². The van der Waals surface area contributed by atoms with Gasteiger partial charge in [0.15, 0.2) is 5.65 Å². The minimum Gasteiger partial charge on any atom is -0.348 e. The van der Waals surface area contributed by atoms with E-state index in [4.69, 9.17) is 5.26 Å². The lowest BCUT2D eigenvalue weighted by Gasteiger charge is -2.06. The van der Waals surface area contributed by atoms with Gasteiger partial charge in [0.2, 0.25) is 0 Å². The number of hydrogen-bond donors (Lipinski definition) is 1. The zero-order chi connectivity index (χ0) is 18.6. The van der Waals surface area contributed by atoms with Crippen molar-refractivity contribution in [3.8, 4) is 17.3 Å². The molecule has 0 spiro atoms. The van der Waals surface area contributed by atoms with Crippen molar-refractivity contribution in [2.75, 3.05) is 0 Å². The maximum absolute atomic E-state index is 12.6. The van der Waals surface area contributed by atoms with E-state index in [1.165, 1.54) is 6.20 Å². The molecule has 6 heteroatoms. The molecule has 0 atom stereocenters. The molecule has 2 heterocycles. The molecule has 6 nitrogen and oxygen atoms in total. The van der Waals surface area contributed by atoms with Gasteiger partial charge in [0, 0.05) is 18.3 Å². The lowest BCUT2D eigenvalue weighted by molar-refractivity contribution is 0.0952. The van der Waals surface area contributed by atoms with Crippen molar-refractivity contribution in [2.24, 2.45) is 0 Å². The average Bonchev–Trinajstić information content (AvgIpc) is 3.17. The van der Waals surface area contributed by atoms with Crippen LogP contribution in [0.3, 0.4) is 0 Å². The molecule has 1 N–H and O–H groups in total. The SMILES string of the molecule is N#Cc1ccc(CNC(=O)c2cnn3c(-c4ccccc4)ccnc23)cc1.